The number of carbonyl (C=O) groups excluding carboxylic acids is 2. The minimum Gasteiger partial charge on any atom is -0.338 e. The molecule has 1 aromatic heterocycles. The first-order chi connectivity index (χ1) is 14.1. The summed E-state index contributed by atoms with van der Waals surface area (Å²) in [4.78, 5) is 27.6. The maximum absolute atomic E-state index is 13.1. The molecular formula is C24H25N3O2. The van der Waals surface area contributed by atoms with E-state index in [-0.39, 0.29) is 17.7 Å². The van der Waals surface area contributed by atoms with Gasteiger partial charge in [0, 0.05) is 42.4 Å². The number of anilines is 1. The van der Waals surface area contributed by atoms with Crippen LogP contribution in [-0.4, -0.2) is 34.4 Å². The first-order valence-electron chi connectivity index (χ1n) is 10.0. The minimum atomic E-state index is -0.192. The molecule has 0 bridgehead atoms. The van der Waals surface area contributed by atoms with Gasteiger partial charge in [0.25, 0.3) is 5.91 Å². The number of benzene rings is 2. The lowest BCUT2D eigenvalue weighted by Crippen LogP contribution is -2.43. The smallest absolute Gasteiger partial charge is 0.253 e. The fourth-order valence-corrected chi connectivity index (χ4v) is 3.84. The molecule has 2 heterocycles. The normalized spacial score (nSPS) is 16.4. The van der Waals surface area contributed by atoms with Crippen LogP contribution >= 0.6 is 0 Å². The van der Waals surface area contributed by atoms with Crippen LogP contribution in [0.4, 0.5) is 5.69 Å². The number of aryl methyl sites for hydroxylation is 1. The number of nitrogens with zero attached hydrogens (tertiary/aromatic N) is 2. The second-order valence-corrected chi connectivity index (χ2v) is 7.54. The highest BCUT2D eigenvalue weighted by atomic mass is 16.2. The van der Waals surface area contributed by atoms with Crippen LogP contribution in [0.1, 0.15) is 28.8 Å². The lowest BCUT2D eigenvalue weighted by molar-refractivity contribution is -0.121. The summed E-state index contributed by atoms with van der Waals surface area (Å²) in [6.07, 6.45) is 5.57. The Kier molecular flexibility index (Phi) is 5.47. The van der Waals surface area contributed by atoms with Crippen LogP contribution in [0.15, 0.2) is 73.1 Å². The molecule has 1 N–H and O–H groups in total. The summed E-state index contributed by atoms with van der Waals surface area (Å²) in [7, 11) is 0. The molecule has 5 nitrogen and oxygen atoms in total. The number of nitrogens with one attached hydrogen (secondary N) is 1. The molecule has 0 spiro atoms. The Labute approximate surface area is 171 Å². The monoisotopic (exact) mass is 387 g/mol. The molecule has 1 saturated heterocycles. The quantitative estimate of drug-likeness (QED) is 0.727. The van der Waals surface area contributed by atoms with E-state index in [1.54, 1.807) is 0 Å². The zero-order valence-electron chi connectivity index (χ0n) is 16.5. The van der Waals surface area contributed by atoms with E-state index in [0.717, 1.165) is 29.8 Å². The second kappa shape index (κ2) is 8.35. The zero-order chi connectivity index (χ0) is 20.2. The molecule has 0 saturated carbocycles. The largest absolute Gasteiger partial charge is 0.338 e. The lowest BCUT2D eigenvalue weighted by atomic mass is 9.96. The summed E-state index contributed by atoms with van der Waals surface area (Å²) in [5, 5.41) is 2.97. The van der Waals surface area contributed by atoms with E-state index in [4.69, 9.17) is 0 Å². The van der Waals surface area contributed by atoms with Crippen LogP contribution in [0.3, 0.4) is 0 Å². The summed E-state index contributed by atoms with van der Waals surface area (Å²) in [6, 6.07) is 19.2. The van der Waals surface area contributed by atoms with Gasteiger partial charge >= 0.3 is 0 Å². The van der Waals surface area contributed by atoms with Crippen molar-refractivity contribution in [2.75, 3.05) is 18.4 Å². The topological polar surface area (TPSA) is 54.3 Å². The Morgan fingerprint density at radius 1 is 1.00 bits per heavy atom. The van der Waals surface area contributed by atoms with Crippen LogP contribution < -0.4 is 5.32 Å². The van der Waals surface area contributed by atoms with E-state index in [1.165, 1.54) is 0 Å². The molecule has 29 heavy (non-hydrogen) atoms. The third-order valence-corrected chi connectivity index (χ3v) is 5.46. The van der Waals surface area contributed by atoms with Crippen molar-refractivity contribution in [3.05, 3.63) is 84.2 Å². The van der Waals surface area contributed by atoms with Crippen LogP contribution in [0, 0.1) is 12.8 Å². The molecule has 5 heteroatoms. The van der Waals surface area contributed by atoms with E-state index in [0.29, 0.717) is 18.7 Å². The molecule has 0 radical (unpaired) electrons. The van der Waals surface area contributed by atoms with Crippen LogP contribution in [0.2, 0.25) is 0 Å². The number of hydrogen-bond donors (Lipinski definition) is 1. The van der Waals surface area contributed by atoms with E-state index in [1.807, 2.05) is 89.4 Å². The minimum absolute atomic E-state index is 0.0179. The van der Waals surface area contributed by atoms with Gasteiger partial charge in [-0.25, -0.2) is 0 Å². The molecule has 1 unspecified atom stereocenters. The number of amides is 2. The Bertz CT molecular complexity index is 996. The van der Waals surface area contributed by atoms with Crippen LogP contribution in [-0.2, 0) is 4.79 Å². The number of para-hydroxylation sites is 1. The highest BCUT2D eigenvalue weighted by molar-refractivity contribution is 5.96. The summed E-state index contributed by atoms with van der Waals surface area (Å²) in [5.41, 5.74) is 3.55. The highest BCUT2D eigenvalue weighted by Gasteiger charge is 2.29. The number of aromatic nitrogens is 1. The van der Waals surface area contributed by atoms with Gasteiger partial charge in [0.1, 0.15) is 0 Å². The van der Waals surface area contributed by atoms with E-state index < -0.39 is 0 Å². The summed E-state index contributed by atoms with van der Waals surface area (Å²) < 4.78 is 2.01. The maximum Gasteiger partial charge on any atom is 0.253 e. The van der Waals surface area contributed by atoms with Gasteiger partial charge in [-0.3, -0.25) is 9.59 Å². The molecule has 148 valence electrons. The summed E-state index contributed by atoms with van der Waals surface area (Å²) >= 11 is 0. The number of piperidine rings is 1. The fraction of sp³-hybridized carbons (Fsp3) is 0.250. The molecule has 0 aliphatic carbocycles. The number of rotatable bonds is 4. The number of carbonyl (C=O) groups is 2. The standard InChI is InChI=1S/C24H25N3O2/c1-18-11-12-19(16-22(18)26-13-5-6-14-26)24(29)27-15-7-8-20(17-27)23(28)25-21-9-3-2-4-10-21/h2-6,9-14,16,20H,7-8,15,17H2,1H3,(H,25,28). The summed E-state index contributed by atoms with van der Waals surface area (Å²) in [6.45, 7) is 3.17. The van der Waals surface area contributed by atoms with Crippen molar-refractivity contribution in [3.63, 3.8) is 0 Å². The van der Waals surface area contributed by atoms with Gasteiger partial charge in [-0.1, -0.05) is 24.3 Å². The first-order valence-corrected chi connectivity index (χ1v) is 10.0. The van der Waals surface area contributed by atoms with Crippen LogP contribution in [0.5, 0.6) is 0 Å². The van der Waals surface area contributed by atoms with Crippen molar-refractivity contribution < 1.29 is 9.59 Å². The van der Waals surface area contributed by atoms with Crippen molar-refractivity contribution in [1.29, 1.82) is 0 Å². The Balaban J connectivity index is 1.48. The molecule has 1 aliphatic rings. The number of hydrogen-bond acceptors (Lipinski definition) is 2. The van der Waals surface area contributed by atoms with Crippen molar-refractivity contribution >= 4 is 17.5 Å². The summed E-state index contributed by atoms with van der Waals surface area (Å²) in [5.74, 6) is -0.233. The second-order valence-electron chi connectivity index (χ2n) is 7.54. The third-order valence-electron chi connectivity index (χ3n) is 5.46. The SMILES string of the molecule is Cc1ccc(C(=O)N2CCCC(C(=O)Nc3ccccc3)C2)cc1-n1cccc1. The predicted octanol–water partition coefficient (Wildman–Crippen LogP) is 4.28. The van der Waals surface area contributed by atoms with Gasteiger partial charge in [-0.05, 0) is 61.7 Å². The maximum atomic E-state index is 13.1. The molecular weight excluding hydrogens is 362 g/mol. The lowest BCUT2D eigenvalue weighted by Gasteiger charge is -2.32. The average Bonchev–Trinajstić information content (AvgIpc) is 3.29. The fourth-order valence-electron chi connectivity index (χ4n) is 3.84. The number of likely N-dealkylation sites (tertiary alicyclic amines) is 1. The van der Waals surface area contributed by atoms with Gasteiger partial charge in [0.15, 0.2) is 0 Å². The van der Waals surface area contributed by atoms with E-state index in [9.17, 15) is 9.59 Å². The Hall–Kier alpha value is -3.34. The van der Waals surface area contributed by atoms with Crippen molar-refractivity contribution in [3.8, 4) is 5.69 Å². The molecule has 1 aliphatic heterocycles. The molecule has 1 atom stereocenters. The van der Waals surface area contributed by atoms with E-state index >= 15 is 0 Å². The van der Waals surface area contributed by atoms with Crippen molar-refractivity contribution in [2.45, 2.75) is 19.8 Å². The molecule has 1 fully saturated rings. The first kappa shape index (κ1) is 19.0. The third kappa shape index (κ3) is 4.24. The van der Waals surface area contributed by atoms with Gasteiger partial charge in [0.05, 0.1) is 5.92 Å². The Morgan fingerprint density at radius 3 is 2.52 bits per heavy atom. The predicted molar refractivity (Wildman–Crippen MR) is 114 cm³/mol. The van der Waals surface area contributed by atoms with Crippen molar-refractivity contribution in [1.82, 2.24) is 9.47 Å². The molecule has 2 amide bonds. The molecule has 2 aromatic carbocycles. The average molecular weight is 387 g/mol. The molecule has 3 aromatic rings. The van der Waals surface area contributed by atoms with E-state index in [2.05, 4.69) is 5.32 Å². The Morgan fingerprint density at radius 2 is 1.76 bits per heavy atom. The van der Waals surface area contributed by atoms with Crippen molar-refractivity contribution in [2.24, 2.45) is 5.92 Å². The van der Waals surface area contributed by atoms with Gasteiger partial charge in [0.2, 0.25) is 5.91 Å². The molecule has 4 rings (SSSR count). The zero-order valence-corrected chi connectivity index (χ0v) is 16.5. The highest BCUT2D eigenvalue weighted by Crippen LogP contribution is 2.23. The van der Waals surface area contributed by atoms with Gasteiger partial charge < -0.3 is 14.8 Å². The van der Waals surface area contributed by atoms with Crippen LogP contribution in [0.25, 0.3) is 5.69 Å². The van der Waals surface area contributed by atoms with Gasteiger partial charge in [-0.15, -0.1) is 0 Å². The van der Waals surface area contributed by atoms with Gasteiger partial charge in [-0.2, -0.15) is 0 Å².